The van der Waals surface area contributed by atoms with E-state index < -0.39 is 5.97 Å². The molecule has 1 rings (SSSR count). The molecule has 64 valence electrons. The molecule has 0 saturated carbocycles. The van der Waals surface area contributed by atoms with E-state index >= 15 is 0 Å². The number of halogens is 1. The van der Waals surface area contributed by atoms with Crippen LogP contribution >= 0.6 is 22.6 Å². The average molecular weight is 279 g/mol. The number of methoxy groups -OCH3 is 1. The summed E-state index contributed by atoms with van der Waals surface area (Å²) in [5.74, 6) is -0.543. The molecule has 4 nitrogen and oxygen atoms in total. The molecule has 0 fully saturated rings. The van der Waals surface area contributed by atoms with E-state index in [2.05, 4.69) is 4.98 Å². The zero-order valence-electron chi connectivity index (χ0n) is 6.24. The molecule has 0 aliphatic heterocycles. The standard InChI is InChI=1S/C7H6INO3/c1-12-4-2-5(7(10)11)9-6(8)3-4/h2-3H,1H3,(H,10,11). The zero-order valence-corrected chi connectivity index (χ0v) is 8.40. The molecule has 1 heterocycles. The Morgan fingerprint density at radius 2 is 2.33 bits per heavy atom. The Morgan fingerprint density at radius 3 is 2.83 bits per heavy atom. The van der Waals surface area contributed by atoms with Crippen molar-refractivity contribution in [1.82, 2.24) is 4.98 Å². The summed E-state index contributed by atoms with van der Waals surface area (Å²) in [5.41, 5.74) is -0.00116. The molecule has 0 radical (unpaired) electrons. The largest absolute Gasteiger partial charge is 0.497 e. The van der Waals surface area contributed by atoms with Crippen molar-refractivity contribution in [2.24, 2.45) is 0 Å². The molecule has 12 heavy (non-hydrogen) atoms. The summed E-state index contributed by atoms with van der Waals surface area (Å²) in [5, 5.41) is 8.61. The van der Waals surface area contributed by atoms with Crippen LogP contribution in [0.4, 0.5) is 0 Å². The predicted octanol–water partition coefficient (Wildman–Crippen LogP) is 1.39. The maximum Gasteiger partial charge on any atom is 0.354 e. The van der Waals surface area contributed by atoms with E-state index in [1.54, 1.807) is 6.07 Å². The van der Waals surface area contributed by atoms with Crippen molar-refractivity contribution in [1.29, 1.82) is 0 Å². The Kier molecular flexibility index (Phi) is 2.85. The molecule has 0 unspecified atom stereocenters. The lowest BCUT2D eigenvalue weighted by atomic mass is 10.3. The first kappa shape index (κ1) is 9.24. The van der Waals surface area contributed by atoms with E-state index in [0.717, 1.165) is 0 Å². The molecule has 1 N–H and O–H groups in total. The van der Waals surface area contributed by atoms with Gasteiger partial charge in [-0.3, -0.25) is 0 Å². The minimum absolute atomic E-state index is 0.00116. The molecule has 1 aromatic heterocycles. The summed E-state index contributed by atoms with van der Waals surface area (Å²) in [6, 6.07) is 3.04. The quantitative estimate of drug-likeness (QED) is 0.656. The van der Waals surface area contributed by atoms with Gasteiger partial charge in [-0.1, -0.05) is 0 Å². The van der Waals surface area contributed by atoms with E-state index in [0.29, 0.717) is 9.45 Å². The van der Waals surface area contributed by atoms with Crippen molar-refractivity contribution >= 4 is 28.6 Å². The van der Waals surface area contributed by atoms with Crippen molar-refractivity contribution in [3.05, 3.63) is 21.5 Å². The number of nitrogens with zero attached hydrogens (tertiary/aromatic N) is 1. The van der Waals surface area contributed by atoms with Crippen LogP contribution in [0, 0.1) is 3.70 Å². The van der Waals surface area contributed by atoms with Crippen LogP contribution in [0.3, 0.4) is 0 Å². The third-order valence-corrected chi connectivity index (χ3v) is 1.78. The number of rotatable bonds is 2. The number of hydrogen-bond donors (Lipinski definition) is 1. The second kappa shape index (κ2) is 3.70. The van der Waals surface area contributed by atoms with Crippen molar-refractivity contribution < 1.29 is 14.6 Å². The van der Waals surface area contributed by atoms with E-state index in [4.69, 9.17) is 9.84 Å². The molecular formula is C7H6INO3. The van der Waals surface area contributed by atoms with Gasteiger partial charge in [-0.25, -0.2) is 9.78 Å². The lowest BCUT2D eigenvalue weighted by molar-refractivity contribution is 0.0690. The number of pyridine rings is 1. The summed E-state index contributed by atoms with van der Waals surface area (Å²) in [6.45, 7) is 0. The molecule has 0 spiro atoms. The summed E-state index contributed by atoms with van der Waals surface area (Å²) >= 11 is 1.93. The SMILES string of the molecule is COc1cc(I)nc(C(=O)O)c1. The van der Waals surface area contributed by atoms with Crippen LogP contribution < -0.4 is 4.74 Å². The van der Waals surface area contributed by atoms with Crippen molar-refractivity contribution in [3.63, 3.8) is 0 Å². The van der Waals surface area contributed by atoms with Gasteiger partial charge in [0.15, 0.2) is 5.69 Å². The van der Waals surface area contributed by atoms with Crippen LogP contribution in [0.2, 0.25) is 0 Å². The summed E-state index contributed by atoms with van der Waals surface area (Å²) in [4.78, 5) is 14.3. The van der Waals surface area contributed by atoms with Gasteiger partial charge in [-0.05, 0) is 22.6 Å². The third kappa shape index (κ3) is 2.07. The highest BCUT2D eigenvalue weighted by Crippen LogP contribution is 2.14. The Labute approximate surface area is 82.7 Å². The molecule has 0 amide bonds. The topological polar surface area (TPSA) is 59.4 Å². The van der Waals surface area contributed by atoms with Crippen molar-refractivity contribution in [3.8, 4) is 5.75 Å². The minimum Gasteiger partial charge on any atom is -0.497 e. The predicted molar refractivity (Wildman–Crippen MR) is 50.5 cm³/mol. The van der Waals surface area contributed by atoms with E-state index in [-0.39, 0.29) is 5.69 Å². The van der Waals surface area contributed by atoms with Gasteiger partial charge in [0.05, 0.1) is 7.11 Å². The fourth-order valence-electron chi connectivity index (χ4n) is 0.701. The fourth-order valence-corrected chi connectivity index (χ4v) is 1.27. The molecule has 5 heteroatoms. The van der Waals surface area contributed by atoms with Gasteiger partial charge in [0.2, 0.25) is 0 Å². The number of carboxylic acid groups (broad SMARTS) is 1. The molecular weight excluding hydrogens is 273 g/mol. The monoisotopic (exact) mass is 279 g/mol. The average Bonchev–Trinajstić information content (AvgIpc) is 2.03. The lowest BCUT2D eigenvalue weighted by Crippen LogP contribution is -2.01. The van der Waals surface area contributed by atoms with Gasteiger partial charge in [-0.2, -0.15) is 0 Å². The highest BCUT2D eigenvalue weighted by Gasteiger charge is 2.07. The zero-order chi connectivity index (χ0) is 9.14. The van der Waals surface area contributed by atoms with Gasteiger partial charge in [0.25, 0.3) is 0 Å². The highest BCUT2D eigenvalue weighted by atomic mass is 127. The van der Waals surface area contributed by atoms with E-state index in [1.165, 1.54) is 13.2 Å². The second-order valence-corrected chi connectivity index (χ2v) is 3.13. The van der Waals surface area contributed by atoms with Gasteiger partial charge < -0.3 is 9.84 Å². The molecule has 0 bridgehead atoms. The van der Waals surface area contributed by atoms with Crippen LogP contribution in [0.25, 0.3) is 0 Å². The molecule has 0 aliphatic carbocycles. The van der Waals surface area contributed by atoms with E-state index in [1.807, 2.05) is 22.6 Å². The number of hydrogen-bond acceptors (Lipinski definition) is 3. The summed E-state index contributed by atoms with van der Waals surface area (Å²) in [6.07, 6.45) is 0. The Hall–Kier alpha value is -0.850. The van der Waals surface area contributed by atoms with Crippen LogP contribution in [0.15, 0.2) is 12.1 Å². The number of carboxylic acids is 1. The highest BCUT2D eigenvalue weighted by molar-refractivity contribution is 14.1. The number of ether oxygens (including phenoxy) is 1. The van der Waals surface area contributed by atoms with Gasteiger partial charge in [0.1, 0.15) is 9.45 Å². The first-order valence-electron chi connectivity index (χ1n) is 3.08. The van der Waals surface area contributed by atoms with Crippen molar-refractivity contribution in [2.75, 3.05) is 7.11 Å². The molecule has 1 aromatic rings. The second-order valence-electron chi connectivity index (χ2n) is 2.02. The third-order valence-electron chi connectivity index (χ3n) is 1.22. The van der Waals surface area contributed by atoms with Gasteiger partial charge >= 0.3 is 5.97 Å². The van der Waals surface area contributed by atoms with Crippen LogP contribution in [-0.2, 0) is 0 Å². The fraction of sp³-hybridized carbons (Fsp3) is 0.143. The maximum atomic E-state index is 10.5. The maximum absolute atomic E-state index is 10.5. The van der Waals surface area contributed by atoms with Gasteiger partial charge in [0, 0.05) is 12.1 Å². The number of aromatic nitrogens is 1. The Morgan fingerprint density at radius 1 is 1.67 bits per heavy atom. The molecule has 0 aliphatic rings. The minimum atomic E-state index is -1.05. The summed E-state index contributed by atoms with van der Waals surface area (Å²) < 4.78 is 5.48. The Bertz CT molecular complexity index is 314. The van der Waals surface area contributed by atoms with Crippen LogP contribution in [0.1, 0.15) is 10.5 Å². The Balaban J connectivity index is 3.15. The van der Waals surface area contributed by atoms with Crippen molar-refractivity contribution in [2.45, 2.75) is 0 Å². The smallest absolute Gasteiger partial charge is 0.354 e. The van der Waals surface area contributed by atoms with E-state index in [9.17, 15) is 4.79 Å². The van der Waals surface area contributed by atoms with Crippen LogP contribution in [0.5, 0.6) is 5.75 Å². The van der Waals surface area contributed by atoms with Gasteiger partial charge in [-0.15, -0.1) is 0 Å². The normalized spacial score (nSPS) is 9.50. The molecule has 0 aromatic carbocycles. The lowest BCUT2D eigenvalue weighted by Gasteiger charge is -2.00. The number of carbonyl (C=O) groups is 1. The summed E-state index contributed by atoms with van der Waals surface area (Å²) in [7, 11) is 1.48. The molecule has 0 saturated heterocycles. The van der Waals surface area contributed by atoms with Crippen LogP contribution in [-0.4, -0.2) is 23.2 Å². The first-order chi connectivity index (χ1) is 5.63. The molecule has 0 atom stereocenters. The number of aromatic carboxylic acids is 1. The first-order valence-corrected chi connectivity index (χ1v) is 4.16.